The summed E-state index contributed by atoms with van der Waals surface area (Å²) in [5, 5.41) is 4.94. The van der Waals surface area contributed by atoms with Gasteiger partial charge < -0.3 is 9.64 Å². The van der Waals surface area contributed by atoms with Crippen LogP contribution in [-0.2, 0) is 17.1 Å². The highest BCUT2D eigenvalue weighted by molar-refractivity contribution is 7.88. The van der Waals surface area contributed by atoms with Crippen LogP contribution in [-0.4, -0.2) is 77.8 Å². The van der Waals surface area contributed by atoms with Crippen molar-refractivity contribution in [3.05, 3.63) is 42.1 Å². The second-order valence-corrected chi connectivity index (χ2v) is 9.23. The van der Waals surface area contributed by atoms with Crippen LogP contribution in [0.3, 0.4) is 0 Å². The minimum absolute atomic E-state index is 0.154. The van der Waals surface area contributed by atoms with Gasteiger partial charge in [-0.3, -0.25) is 9.48 Å². The fourth-order valence-electron chi connectivity index (χ4n) is 3.59. The first-order valence-corrected chi connectivity index (χ1v) is 11.3. The van der Waals surface area contributed by atoms with E-state index in [4.69, 9.17) is 9.72 Å². The molecule has 1 fully saturated rings. The molecule has 1 amide bonds. The average molecular weight is 430 g/mol. The SMILES string of the molecule is COc1ccc(-c2cc(C(=O)N3CCN(S(C)(=O)=O)CC3)c3cnn(C)c3n2)cc1. The molecule has 3 aromatic rings. The van der Waals surface area contributed by atoms with Crippen molar-refractivity contribution in [1.29, 1.82) is 0 Å². The van der Waals surface area contributed by atoms with Gasteiger partial charge in [-0.1, -0.05) is 0 Å². The molecule has 158 valence electrons. The van der Waals surface area contributed by atoms with E-state index >= 15 is 0 Å². The minimum Gasteiger partial charge on any atom is -0.497 e. The number of methoxy groups -OCH3 is 1. The second kappa shape index (κ2) is 7.69. The van der Waals surface area contributed by atoms with Crippen molar-refractivity contribution in [3.8, 4) is 17.0 Å². The standard InChI is InChI=1S/C20H23N5O4S/c1-23-19-17(13-21-23)16(12-18(22-19)14-4-6-15(29-2)7-5-14)20(26)24-8-10-25(11-9-24)30(3,27)28/h4-7,12-13H,8-11H2,1-3H3. The van der Waals surface area contributed by atoms with Crippen molar-refractivity contribution >= 4 is 27.0 Å². The molecule has 0 aliphatic carbocycles. The fourth-order valence-corrected chi connectivity index (χ4v) is 4.42. The number of benzene rings is 1. The van der Waals surface area contributed by atoms with Crippen LogP contribution in [0.25, 0.3) is 22.3 Å². The van der Waals surface area contributed by atoms with Crippen LogP contribution in [0.4, 0.5) is 0 Å². The van der Waals surface area contributed by atoms with Crippen molar-refractivity contribution in [3.63, 3.8) is 0 Å². The number of hydrogen-bond donors (Lipinski definition) is 0. The third-order valence-electron chi connectivity index (χ3n) is 5.32. The molecule has 10 heteroatoms. The van der Waals surface area contributed by atoms with E-state index in [-0.39, 0.29) is 19.0 Å². The monoisotopic (exact) mass is 429 g/mol. The van der Waals surface area contributed by atoms with Gasteiger partial charge in [0.15, 0.2) is 5.65 Å². The smallest absolute Gasteiger partial charge is 0.254 e. The number of sulfonamides is 1. The summed E-state index contributed by atoms with van der Waals surface area (Å²) in [7, 11) is 0.133. The first kappa shape index (κ1) is 20.3. The van der Waals surface area contributed by atoms with Gasteiger partial charge in [-0.2, -0.15) is 9.40 Å². The predicted octanol–water partition coefficient (Wildman–Crippen LogP) is 1.36. The Hall–Kier alpha value is -2.98. The molecule has 0 radical (unpaired) electrons. The Morgan fingerprint density at radius 1 is 1.10 bits per heavy atom. The molecule has 1 aliphatic heterocycles. The molecule has 1 aliphatic rings. The maximum Gasteiger partial charge on any atom is 0.254 e. The van der Waals surface area contributed by atoms with Crippen molar-refractivity contribution < 1.29 is 17.9 Å². The summed E-state index contributed by atoms with van der Waals surface area (Å²) in [6, 6.07) is 9.24. The molecule has 9 nitrogen and oxygen atoms in total. The van der Waals surface area contributed by atoms with E-state index in [0.29, 0.717) is 35.4 Å². The molecule has 30 heavy (non-hydrogen) atoms. The zero-order chi connectivity index (χ0) is 21.5. The molecule has 0 spiro atoms. The molecule has 0 saturated carbocycles. The number of ether oxygens (including phenoxy) is 1. The number of piperazine rings is 1. The summed E-state index contributed by atoms with van der Waals surface area (Å²) in [6.45, 7) is 1.26. The van der Waals surface area contributed by atoms with Crippen LogP contribution in [0.5, 0.6) is 5.75 Å². The molecule has 4 rings (SSSR count). The van der Waals surface area contributed by atoms with Gasteiger partial charge in [-0.25, -0.2) is 13.4 Å². The first-order chi connectivity index (χ1) is 14.3. The number of hydrogen-bond acceptors (Lipinski definition) is 6. The maximum atomic E-state index is 13.3. The van der Waals surface area contributed by atoms with Crippen molar-refractivity contribution in [1.82, 2.24) is 24.0 Å². The molecule has 0 atom stereocenters. The Morgan fingerprint density at radius 3 is 2.37 bits per heavy atom. The summed E-state index contributed by atoms with van der Waals surface area (Å²) in [5.41, 5.74) is 2.63. The minimum atomic E-state index is -3.26. The van der Waals surface area contributed by atoms with Gasteiger partial charge >= 0.3 is 0 Å². The summed E-state index contributed by atoms with van der Waals surface area (Å²) in [5.74, 6) is 0.582. The summed E-state index contributed by atoms with van der Waals surface area (Å²) in [4.78, 5) is 19.7. The van der Waals surface area contributed by atoms with Crippen LogP contribution >= 0.6 is 0 Å². The van der Waals surface area contributed by atoms with Gasteiger partial charge in [0.25, 0.3) is 5.91 Å². The molecule has 0 bridgehead atoms. The molecular formula is C20H23N5O4S. The Labute approximate surface area is 174 Å². The molecule has 1 saturated heterocycles. The number of carbonyl (C=O) groups is 1. The average Bonchev–Trinajstić information content (AvgIpc) is 3.13. The van der Waals surface area contributed by atoms with Gasteiger partial charge in [0, 0.05) is 38.8 Å². The number of carbonyl (C=O) groups excluding carboxylic acids is 1. The van der Waals surface area contributed by atoms with Crippen LogP contribution in [0.15, 0.2) is 36.5 Å². The van der Waals surface area contributed by atoms with Crippen LogP contribution < -0.4 is 4.74 Å². The number of aryl methyl sites for hydroxylation is 1. The topological polar surface area (TPSA) is 97.6 Å². The largest absolute Gasteiger partial charge is 0.497 e. The number of aromatic nitrogens is 3. The summed E-state index contributed by atoms with van der Waals surface area (Å²) < 4.78 is 31.8. The Morgan fingerprint density at radius 2 is 1.77 bits per heavy atom. The Bertz CT molecular complexity index is 1200. The van der Waals surface area contributed by atoms with Gasteiger partial charge in [0.1, 0.15) is 5.75 Å². The number of amides is 1. The maximum absolute atomic E-state index is 13.3. The lowest BCUT2D eigenvalue weighted by molar-refractivity contribution is 0.0700. The van der Waals surface area contributed by atoms with E-state index in [1.165, 1.54) is 10.6 Å². The summed E-state index contributed by atoms with van der Waals surface area (Å²) in [6.07, 6.45) is 2.83. The first-order valence-electron chi connectivity index (χ1n) is 9.49. The number of nitrogens with zero attached hydrogens (tertiary/aromatic N) is 5. The van der Waals surface area contributed by atoms with E-state index < -0.39 is 10.0 Å². The van der Waals surface area contributed by atoms with Crippen molar-refractivity contribution in [2.45, 2.75) is 0 Å². The predicted molar refractivity (Wildman–Crippen MR) is 113 cm³/mol. The fraction of sp³-hybridized carbons (Fsp3) is 0.350. The normalized spacial score (nSPS) is 15.5. The van der Waals surface area contributed by atoms with Gasteiger partial charge in [-0.15, -0.1) is 0 Å². The molecule has 2 aromatic heterocycles. The second-order valence-electron chi connectivity index (χ2n) is 7.24. The lowest BCUT2D eigenvalue weighted by atomic mass is 10.1. The van der Waals surface area contributed by atoms with Gasteiger partial charge in [0.05, 0.1) is 36.2 Å². The van der Waals surface area contributed by atoms with Crippen molar-refractivity contribution in [2.24, 2.45) is 7.05 Å². The lowest BCUT2D eigenvalue weighted by Crippen LogP contribution is -2.50. The highest BCUT2D eigenvalue weighted by Crippen LogP contribution is 2.27. The lowest BCUT2D eigenvalue weighted by Gasteiger charge is -2.33. The molecule has 1 aromatic carbocycles. The highest BCUT2D eigenvalue weighted by Gasteiger charge is 2.28. The Balaban J connectivity index is 1.70. The molecule has 0 N–H and O–H groups in total. The van der Waals surface area contributed by atoms with E-state index in [2.05, 4.69) is 5.10 Å². The third kappa shape index (κ3) is 3.75. The van der Waals surface area contributed by atoms with E-state index in [1.54, 1.807) is 36.0 Å². The quantitative estimate of drug-likeness (QED) is 0.621. The van der Waals surface area contributed by atoms with E-state index in [9.17, 15) is 13.2 Å². The van der Waals surface area contributed by atoms with Crippen LogP contribution in [0.1, 0.15) is 10.4 Å². The van der Waals surface area contributed by atoms with E-state index in [1.807, 2.05) is 24.3 Å². The molecule has 0 unspecified atom stereocenters. The molecular weight excluding hydrogens is 406 g/mol. The number of rotatable bonds is 4. The molecule has 3 heterocycles. The van der Waals surface area contributed by atoms with Crippen LogP contribution in [0.2, 0.25) is 0 Å². The third-order valence-corrected chi connectivity index (χ3v) is 6.62. The summed E-state index contributed by atoms with van der Waals surface area (Å²) >= 11 is 0. The van der Waals surface area contributed by atoms with Crippen molar-refractivity contribution in [2.75, 3.05) is 39.5 Å². The van der Waals surface area contributed by atoms with Gasteiger partial charge in [0.2, 0.25) is 10.0 Å². The van der Waals surface area contributed by atoms with E-state index in [0.717, 1.165) is 11.3 Å². The highest BCUT2D eigenvalue weighted by atomic mass is 32.2. The Kier molecular flexibility index (Phi) is 5.20. The van der Waals surface area contributed by atoms with Crippen LogP contribution in [0, 0.1) is 0 Å². The number of fused-ring (bicyclic) bond motifs is 1. The van der Waals surface area contributed by atoms with Gasteiger partial charge in [-0.05, 0) is 30.3 Å². The zero-order valence-electron chi connectivity index (χ0n) is 17.1. The zero-order valence-corrected chi connectivity index (χ0v) is 17.9. The number of pyridine rings is 1.